The summed E-state index contributed by atoms with van der Waals surface area (Å²) in [5, 5.41) is 0. The lowest BCUT2D eigenvalue weighted by Gasteiger charge is -2.30. The Morgan fingerprint density at radius 1 is 0.967 bits per heavy atom. The molecule has 0 spiro atoms. The maximum atomic E-state index is 13.3. The number of halogens is 1. The first-order valence-corrected chi connectivity index (χ1v) is 20.1. The Balaban J connectivity index is 2.09. The van der Waals surface area contributed by atoms with Crippen LogP contribution in [0.1, 0.15) is 12.0 Å². The topological polar surface area (TPSA) is 65.1 Å². The molecule has 10 heteroatoms. The molecule has 0 radical (unpaired) electrons. The van der Waals surface area contributed by atoms with Gasteiger partial charge in [-0.2, -0.15) is 0 Å². The molecular weight excluding hydrogens is 501 g/mol. The maximum Gasteiger partial charge on any atom is 0.476 e. The number of fused-ring (bicyclic) bond motifs is 1. The summed E-state index contributed by atoms with van der Waals surface area (Å²) in [6.45, 7) is 13.9. The highest BCUT2D eigenvalue weighted by Crippen LogP contribution is 2.50. The van der Waals surface area contributed by atoms with Crippen molar-refractivity contribution in [2.45, 2.75) is 64.2 Å². The third kappa shape index (κ3) is 8.69. The minimum absolute atomic E-state index is 0.0550. The number of aryl methyl sites for hydroxylation is 1. The highest BCUT2D eigenvalue weighted by molar-refractivity contribution is 9.10. The SMILES string of the molecule is C[Si](C)(C)CCOP(=O)(OCC[Si](C)(C)C)OCN1C(=O)CCc2cc(Br)ccc21. The van der Waals surface area contributed by atoms with Crippen molar-refractivity contribution >= 4 is 51.5 Å². The van der Waals surface area contributed by atoms with E-state index in [9.17, 15) is 9.36 Å². The van der Waals surface area contributed by atoms with E-state index < -0.39 is 24.0 Å². The molecule has 0 bridgehead atoms. The number of nitrogens with zero attached hydrogens (tertiary/aromatic N) is 1. The van der Waals surface area contributed by atoms with E-state index in [-0.39, 0.29) is 12.6 Å². The molecule has 1 aliphatic rings. The van der Waals surface area contributed by atoms with Crippen molar-refractivity contribution in [3.05, 3.63) is 28.2 Å². The van der Waals surface area contributed by atoms with Crippen LogP contribution in [0.15, 0.2) is 22.7 Å². The minimum Gasteiger partial charge on any atom is -0.288 e. The predicted octanol–water partition coefficient (Wildman–Crippen LogP) is 6.52. The van der Waals surface area contributed by atoms with Gasteiger partial charge in [-0.3, -0.25) is 23.3 Å². The van der Waals surface area contributed by atoms with Crippen molar-refractivity contribution in [2.24, 2.45) is 0 Å². The summed E-state index contributed by atoms with van der Waals surface area (Å²) in [4.78, 5) is 14.1. The van der Waals surface area contributed by atoms with Gasteiger partial charge in [0, 0.05) is 32.7 Å². The lowest BCUT2D eigenvalue weighted by atomic mass is 10.0. The van der Waals surface area contributed by atoms with Crippen molar-refractivity contribution < 1.29 is 22.9 Å². The van der Waals surface area contributed by atoms with Crippen molar-refractivity contribution in [3.63, 3.8) is 0 Å². The molecule has 0 saturated heterocycles. The molecule has 0 aromatic heterocycles. The van der Waals surface area contributed by atoms with Crippen LogP contribution in [0.2, 0.25) is 51.4 Å². The molecule has 0 aliphatic carbocycles. The number of phosphoric acid groups is 1. The van der Waals surface area contributed by atoms with Gasteiger partial charge in [-0.25, -0.2) is 4.57 Å². The van der Waals surface area contributed by atoms with Crippen LogP contribution in [-0.2, 0) is 29.4 Å². The number of hydrogen-bond donors (Lipinski definition) is 0. The average Bonchev–Trinajstić information content (AvgIpc) is 2.59. The van der Waals surface area contributed by atoms with Crippen LogP contribution in [-0.4, -0.2) is 42.0 Å². The van der Waals surface area contributed by atoms with Gasteiger partial charge >= 0.3 is 7.82 Å². The Morgan fingerprint density at radius 2 is 1.53 bits per heavy atom. The fraction of sp³-hybridized carbons (Fsp3) is 0.650. The normalized spacial score (nSPS) is 15.4. The van der Waals surface area contributed by atoms with Gasteiger partial charge in [0.1, 0.15) is 6.73 Å². The summed E-state index contributed by atoms with van der Waals surface area (Å²) >= 11 is 3.47. The van der Waals surface area contributed by atoms with Gasteiger partial charge in [-0.1, -0.05) is 55.2 Å². The summed E-state index contributed by atoms with van der Waals surface area (Å²) in [7, 11) is -6.48. The van der Waals surface area contributed by atoms with E-state index in [1.807, 2.05) is 18.2 Å². The standard InChI is InChI=1S/C20H35BrNO5PSi2/c1-29(2,3)13-11-25-28(24,26-12-14-30(4,5)6)27-16-22-19-9-8-18(21)15-17(19)7-10-20(22)23/h8-9,15H,7,10-14,16H2,1-6H3. The molecule has 0 saturated carbocycles. The van der Waals surface area contributed by atoms with Gasteiger partial charge in [-0.05, 0) is 42.3 Å². The Morgan fingerprint density at radius 3 is 2.07 bits per heavy atom. The number of phosphoric ester groups is 1. The second kappa shape index (κ2) is 10.6. The first-order chi connectivity index (χ1) is 13.8. The second-order valence-electron chi connectivity index (χ2n) is 10.1. The molecule has 2 rings (SSSR count). The molecule has 1 heterocycles. The molecule has 30 heavy (non-hydrogen) atoms. The number of hydrogen-bond acceptors (Lipinski definition) is 5. The smallest absolute Gasteiger partial charge is 0.288 e. The van der Waals surface area contributed by atoms with E-state index in [1.165, 1.54) is 4.90 Å². The molecule has 1 amide bonds. The molecule has 170 valence electrons. The van der Waals surface area contributed by atoms with E-state index >= 15 is 0 Å². The van der Waals surface area contributed by atoms with Crippen molar-refractivity contribution in [3.8, 4) is 0 Å². The average molecular weight is 537 g/mol. The Kier molecular flexibility index (Phi) is 9.14. The summed E-state index contributed by atoms with van der Waals surface area (Å²) in [5.41, 5.74) is 1.84. The lowest BCUT2D eigenvalue weighted by molar-refractivity contribution is -0.119. The summed E-state index contributed by atoms with van der Waals surface area (Å²) in [5.74, 6) is -0.0550. The third-order valence-corrected chi connectivity index (χ3v) is 10.1. The van der Waals surface area contributed by atoms with Crippen molar-refractivity contribution in [2.75, 3.05) is 24.8 Å². The van der Waals surface area contributed by atoms with E-state index in [0.717, 1.165) is 27.8 Å². The minimum atomic E-state index is -3.76. The largest absolute Gasteiger partial charge is 0.476 e. The quantitative estimate of drug-likeness (QED) is 0.238. The van der Waals surface area contributed by atoms with E-state index in [2.05, 4.69) is 55.2 Å². The van der Waals surface area contributed by atoms with Crippen LogP contribution in [0.3, 0.4) is 0 Å². The zero-order chi connectivity index (χ0) is 22.6. The fourth-order valence-electron chi connectivity index (χ4n) is 2.84. The van der Waals surface area contributed by atoms with Gasteiger partial charge in [-0.15, -0.1) is 0 Å². The first kappa shape index (κ1) is 26.0. The maximum absolute atomic E-state index is 13.3. The number of carbonyl (C=O) groups is 1. The highest BCUT2D eigenvalue weighted by atomic mass is 79.9. The number of rotatable bonds is 11. The van der Waals surface area contributed by atoms with Crippen LogP contribution in [0.5, 0.6) is 0 Å². The molecule has 0 N–H and O–H groups in total. The molecule has 0 fully saturated rings. The molecular formula is C20H35BrNO5PSi2. The number of benzene rings is 1. The molecule has 6 nitrogen and oxygen atoms in total. The molecule has 0 unspecified atom stereocenters. The molecule has 1 aliphatic heterocycles. The fourth-order valence-corrected chi connectivity index (χ4v) is 6.13. The van der Waals surface area contributed by atoms with Gasteiger partial charge in [0.25, 0.3) is 0 Å². The second-order valence-corrected chi connectivity index (χ2v) is 23.9. The zero-order valence-corrected chi connectivity index (χ0v) is 23.5. The number of carbonyl (C=O) groups excluding carboxylic acids is 1. The predicted molar refractivity (Wildman–Crippen MR) is 132 cm³/mol. The molecule has 1 aromatic rings. The Hall–Kier alpha value is -0.286. The van der Waals surface area contributed by atoms with E-state index in [4.69, 9.17) is 13.6 Å². The third-order valence-electron chi connectivity index (χ3n) is 4.79. The lowest BCUT2D eigenvalue weighted by Crippen LogP contribution is -2.36. The van der Waals surface area contributed by atoms with Gasteiger partial charge in [0.2, 0.25) is 5.91 Å². The van der Waals surface area contributed by atoms with Crippen molar-refractivity contribution in [1.82, 2.24) is 0 Å². The van der Waals surface area contributed by atoms with E-state index in [1.54, 1.807) is 0 Å². The van der Waals surface area contributed by atoms with Gasteiger partial charge < -0.3 is 0 Å². The van der Waals surface area contributed by atoms with E-state index in [0.29, 0.717) is 26.1 Å². The Labute approximate surface area is 191 Å². The first-order valence-electron chi connectivity index (χ1n) is 10.4. The van der Waals surface area contributed by atoms with Crippen LogP contribution in [0, 0.1) is 0 Å². The van der Waals surface area contributed by atoms with Crippen molar-refractivity contribution in [1.29, 1.82) is 0 Å². The molecule has 0 atom stereocenters. The number of amides is 1. The number of anilines is 1. The van der Waals surface area contributed by atoms with Crippen LogP contribution in [0.4, 0.5) is 5.69 Å². The summed E-state index contributed by atoms with van der Waals surface area (Å²) < 4.78 is 31.3. The van der Waals surface area contributed by atoms with Gasteiger partial charge in [0.15, 0.2) is 0 Å². The zero-order valence-electron chi connectivity index (χ0n) is 19.0. The van der Waals surface area contributed by atoms with Gasteiger partial charge in [0.05, 0.1) is 13.2 Å². The Bertz CT molecular complexity index is 770. The van der Waals surface area contributed by atoms with Crippen LogP contribution in [0.25, 0.3) is 0 Å². The monoisotopic (exact) mass is 535 g/mol. The molecule has 1 aromatic carbocycles. The summed E-state index contributed by atoms with van der Waals surface area (Å²) in [6, 6.07) is 7.49. The van der Waals surface area contributed by atoms with Crippen LogP contribution >= 0.6 is 23.8 Å². The van der Waals surface area contributed by atoms with Crippen LogP contribution < -0.4 is 4.90 Å². The summed E-state index contributed by atoms with van der Waals surface area (Å²) in [6.07, 6.45) is 1.07. The highest BCUT2D eigenvalue weighted by Gasteiger charge is 2.32.